The molecule has 3 aliphatic rings. The zero-order valence-electron chi connectivity index (χ0n) is 25.8. The number of sulfonamides is 1. The second kappa shape index (κ2) is 14.0. The molecule has 2 atom stereocenters. The van der Waals surface area contributed by atoms with Crippen LogP contribution in [0.3, 0.4) is 0 Å². The molecule has 0 N–H and O–H groups in total. The Kier molecular flexibility index (Phi) is 10.4. The Morgan fingerprint density at radius 1 is 1.07 bits per heavy atom. The second-order valence-electron chi connectivity index (χ2n) is 12.1. The fourth-order valence-corrected chi connectivity index (χ4v) is 8.92. The molecular formula is C32H46N4O6S. The van der Waals surface area contributed by atoms with Crippen molar-refractivity contribution in [3.8, 4) is 5.75 Å². The Labute approximate surface area is 256 Å². The van der Waals surface area contributed by atoms with Crippen molar-refractivity contribution in [2.45, 2.75) is 68.9 Å². The van der Waals surface area contributed by atoms with E-state index in [0.29, 0.717) is 60.9 Å². The fourth-order valence-electron chi connectivity index (χ4n) is 6.82. The number of aryl methyl sites for hydroxylation is 2. The van der Waals surface area contributed by atoms with Gasteiger partial charge in [-0.25, -0.2) is 8.42 Å². The number of nitrogens with zero attached hydrogens (tertiary/aromatic N) is 4. The molecule has 3 aliphatic heterocycles. The van der Waals surface area contributed by atoms with Crippen molar-refractivity contribution in [1.29, 1.82) is 0 Å². The van der Waals surface area contributed by atoms with Crippen molar-refractivity contribution < 1.29 is 27.4 Å². The van der Waals surface area contributed by atoms with E-state index in [-0.39, 0.29) is 25.2 Å². The minimum atomic E-state index is -3.75. The monoisotopic (exact) mass is 614 g/mol. The van der Waals surface area contributed by atoms with Gasteiger partial charge in [0.25, 0.3) is 0 Å². The summed E-state index contributed by atoms with van der Waals surface area (Å²) >= 11 is 0. The summed E-state index contributed by atoms with van der Waals surface area (Å²) in [5.74, 6) is 0.526. The van der Waals surface area contributed by atoms with Gasteiger partial charge in [0.15, 0.2) is 0 Å². The second-order valence-corrected chi connectivity index (χ2v) is 13.9. The molecule has 0 radical (unpaired) electrons. The third kappa shape index (κ3) is 7.23. The van der Waals surface area contributed by atoms with Crippen LogP contribution in [0.25, 0.3) is 0 Å². The number of likely N-dealkylation sites (tertiary alicyclic amines) is 2. The van der Waals surface area contributed by atoms with Crippen molar-refractivity contribution in [2.24, 2.45) is 0 Å². The van der Waals surface area contributed by atoms with E-state index in [1.165, 1.54) is 12.8 Å². The van der Waals surface area contributed by atoms with Crippen molar-refractivity contribution in [2.75, 3.05) is 66.2 Å². The largest absolute Gasteiger partial charge is 0.497 e. The number of carbonyl (C=O) groups is 1. The van der Waals surface area contributed by atoms with Gasteiger partial charge in [0.1, 0.15) is 18.0 Å². The number of aromatic nitrogens is 1. The van der Waals surface area contributed by atoms with Crippen LogP contribution in [0.1, 0.15) is 55.2 Å². The molecular weight excluding hydrogens is 568 g/mol. The van der Waals surface area contributed by atoms with Crippen molar-refractivity contribution >= 4 is 15.9 Å². The predicted octanol–water partition coefficient (Wildman–Crippen LogP) is 3.51. The topological polar surface area (TPSA) is 102 Å². The van der Waals surface area contributed by atoms with Gasteiger partial charge in [-0.1, -0.05) is 12.5 Å². The van der Waals surface area contributed by atoms with Crippen LogP contribution in [0.4, 0.5) is 0 Å². The average Bonchev–Trinajstić information content (AvgIpc) is 3.69. The van der Waals surface area contributed by atoms with E-state index in [1.807, 2.05) is 23.2 Å². The maximum Gasteiger partial charge on any atom is 0.248 e. The summed E-state index contributed by atoms with van der Waals surface area (Å²) in [7, 11) is -2.17. The molecule has 0 spiro atoms. The minimum Gasteiger partial charge on any atom is -0.497 e. The number of hydrogen-bond donors (Lipinski definition) is 0. The van der Waals surface area contributed by atoms with Gasteiger partial charge in [-0.05, 0) is 81.9 Å². The molecule has 1 unspecified atom stereocenters. The molecule has 0 saturated carbocycles. The van der Waals surface area contributed by atoms with E-state index >= 15 is 0 Å². The molecule has 1 aromatic carbocycles. The molecule has 236 valence electrons. The van der Waals surface area contributed by atoms with E-state index in [0.717, 1.165) is 38.0 Å². The molecule has 2 aromatic rings. The number of piperidine rings is 1. The number of benzene rings is 1. The lowest BCUT2D eigenvalue weighted by Crippen LogP contribution is -2.47. The van der Waals surface area contributed by atoms with Crippen LogP contribution < -0.4 is 4.74 Å². The lowest BCUT2D eigenvalue weighted by molar-refractivity contribution is -0.137. The standard InChI is InChI=1S/C32H46N4O6S/c1-25-19-29(40-3)20-26(2)31(25)43(38,39)36-15-5-4-10-28(36)22-41-23-30(37)35-16-11-32(24-35,27-9-8-12-33-21-27)42-18-17-34-13-6-7-14-34/h8-9,12,19-21,28H,4-7,10-11,13-18,22-24H2,1-3H3/t28-,32?/m0/s1. The first kappa shape index (κ1) is 31.8. The van der Waals surface area contributed by atoms with Crippen LogP contribution in [0.5, 0.6) is 5.75 Å². The van der Waals surface area contributed by atoms with E-state index in [9.17, 15) is 13.2 Å². The first-order chi connectivity index (χ1) is 20.7. The number of amides is 1. The highest BCUT2D eigenvalue weighted by atomic mass is 32.2. The zero-order valence-corrected chi connectivity index (χ0v) is 26.6. The molecule has 43 heavy (non-hydrogen) atoms. The third-order valence-electron chi connectivity index (χ3n) is 9.10. The Balaban J connectivity index is 1.20. The lowest BCUT2D eigenvalue weighted by Gasteiger charge is -2.35. The number of carbonyl (C=O) groups excluding carboxylic acids is 1. The van der Waals surface area contributed by atoms with Crippen LogP contribution in [-0.2, 0) is 29.9 Å². The third-order valence-corrected chi connectivity index (χ3v) is 11.4. The first-order valence-electron chi connectivity index (χ1n) is 15.5. The van der Waals surface area contributed by atoms with Gasteiger partial charge in [0.05, 0.1) is 31.8 Å². The molecule has 3 fully saturated rings. The minimum absolute atomic E-state index is 0.0954. The SMILES string of the molecule is COc1cc(C)c(S(=O)(=O)N2CCCC[C@H]2COCC(=O)N2CCC(OCCN3CCCC3)(c3cccnc3)C2)c(C)c1. The van der Waals surface area contributed by atoms with E-state index < -0.39 is 15.6 Å². The average molecular weight is 615 g/mol. The van der Waals surface area contributed by atoms with E-state index in [1.54, 1.807) is 43.6 Å². The number of methoxy groups -OCH3 is 1. The molecule has 1 amide bonds. The Morgan fingerprint density at radius 2 is 1.81 bits per heavy atom. The molecule has 3 saturated heterocycles. The summed E-state index contributed by atoms with van der Waals surface area (Å²) in [5, 5.41) is 0. The van der Waals surface area contributed by atoms with Crippen LogP contribution >= 0.6 is 0 Å². The molecule has 10 nitrogen and oxygen atoms in total. The summed E-state index contributed by atoms with van der Waals surface area (Å²) in [5.41, 5.74) is 1.71. The number of pyridine rings is 1. The number of ether oxygens (including phenoxy) is 3. The molecule has 5 rings (SSSR count). The first-order valence-corrected chi connectivity index (χ1v) is 17.0. The quantitative estimate of drug-likeness (QED) is 0.358. The number of rotatable bonds is 12. The van der Waals surface area contributed by atoms with Gasteiger partial charge >= 0.3 is 0 Å². The van der Waals surface area contributed by atoms with Crippen LogP contribution in [0, 0.1) is 13.8 Å². The Morgan fingerprint density at radius 3 is 2.51 bits per heavy atom. The van der Waals surface area contributed by atoms with Crippen molar-refractivity contribution in [1.82, 2.24) is 19.1 Å². The smallest absolute Gasteiger partial charge is 0.248 e. The maximum absolute atomic E-state index is 13.9. The molecule has 0 aliphatic carbocycles. The number of hydrogen-bond acceptors (Lipinski definition) is 8. The molecule has 4 heterocycles. The van der Waals surface area contributed by atoms with E-state index in [4.69, 9.17) is 14.2 Å². The summed E-state index contributed by atoms with van der Waals surface area (Å²) in [6, 6.07) is 7.12. The highest BCUT2D eigenvalue weighted by molar-refractivity contribution is 7.89. The summed E-state index contributed by atoms with van der Waals surface area (Å²) in [6.07, 6.45) is 9.17. The van der Waals surface area contributed by atoms with Gasteiger partial charge < -0.3 is 24.0 Å². The molecule has 1 aromatic heterocycles. The summed E-state index contributed by atoms with van der Waals surface area (Å²) < 4.78 is 47.1. The zero-order chi connectivity index (χ0) is 30.5. The van der Waals surface area contributed by atoms with Gasteiger partial charge in [-0.2, -0.15) is 4.31 Å². The highest BCUT2D eigenvalue weighted by Crippen LogP contribution is 2.36. The summed E-state index contributed by atoms with van der Waals surface area (Å²) in [6.45, 7) is 8.85. The van der Waals surface area contributed by atoms with Gasteiger partial charge in [0.2, 0.25) is 15.9 Å². The normalized spacial score (nSPS) is 23.6. The van der Waals surface area contributed by atoms with Crippen molar-refractivity contribution in [3.05, 3.63) is 53.3 Å². The molecule has 0 bridgehead atoms. The Hall–Kier alpha value is -2.57. The molecule has 11 heteroatoms. The van der Waals surface area contributed by atoms with Crippen LogP contribution in [-0.4, -0.2) is 106 Å². The van der Waals surface area contributed by atoms with Crippen LogP contribution in [0.2, 0.25) is 0 Å². The van der Waals surface area contributed by atoms with Crippen molar-refractivity contribution in [3.63, 3.8) is 0 Å². The van der Waals surface area contributed by atoms with E-state index in [2.05, 4.69) is 9.88 Å². The highest BCUT2D eigenvalue weighted by Gasteiger charge is 2.43. The van der Waals surface area contributed by atoms with Crippen LogP contribution in [0.15, 0.2) is 41.6 Å². The van der Waals surface area contributed by atoms with Gasteiger partial charge in [-0.3, -0.25) is 9.78 Å². The lowest BCUT2D eigenvalue weighted by atomic mass is 9.94. The van der Waals surface area contributed by atoms with Gasteiger partial charge in [-0.15, -0.1) is 0 Å². The Bertz CT molecular complexity index is 1330. The fraction of sp³-hybridized carbons (Fsp3) is 0.625. The predicted molar refractivity (Wildman–Crippen MR) is 164 cm³/mol. The summed E-state index contributed by atoms with van der Waals surface area (Å²) in [4.78, 5) is 22.2. The van der Waals surface area contributed by atoms with Gasteiger partial charge in [0, 0.05) is 50.1 Å². The maximum atomic E-state index is 13.9.